The van der Waals surface area contributed by atoms with Crippen molar-refractivity contribution in [3.63, 3.8) is 0 Å². The molecule has 0 aromatic heterocycles. The lowest BCUT2D eigenvalue weighted by atomic mass is 10.1. The lowest BCUT2D eigenvalue weighted by Crippen LogP contribution is -2.51. The van der Waals surface area contributed by atoms with E-state index in [9.17, 15) is 9.59 Å². The van der Waals surface area contributed by atoms with E-state index in [0.29, 0.717) is 17.9 Å². The van der Waals surface area contributed by atoms with Crippen molar-refractivity contribution in [1.29, 1.82) is 0 Å². The monoisotopic (exact) mass is 288 g/mol. The highest BCUT2D eigenvalue weighted by molar-refractivity contribution is 7.80. The zero-order valence-electron chi connectivity index (χ0n) is 10.5. The Kier molecular flexibility index (Phi) is 4.27. The zero-order chi connectivity index (χ0) is 14.5. The molecule has 2 N–H and O–H groups in total. The molecule has 0 radical (unpaired) electrons. The highest BCUT2D eigenvalue weighted by atomic mass is 32.1. The van der Waals surface area contributed by atoms with Gasteiger partial charge in [0.1, 0.15) is 17.9 Å². The van der Waals surface area contributed by atoms with Crippen molar-refractivity contribution in [2.45, 2.75) is 0 Å². The minimum Gasteiger partial charge on any atom is -0.490 e. The summed E-state index contributed by atoms with van der Waals surface area (Å²) in [6, 6.07) is 7.00. The van der Waals surface area contributed by atoms with Gasteiger partial charge in [0.25, 0.3) is 11.8 Å². The number of nitrogens with one attached hydrogen (secondary N) is 2. The summed E-state index contributed by atoms with van der Waals surface area (Å²) in [6.45, 7) is 3.98. The van der Waals surface area contributed by atoms with Crippen LogP contribution >= 0.6 is 12.2 Å². The molecule has 1 aromatic carbocycles. The molecule has 0 unspecified atom stereocenters. The minimum atomic E-state index is -0.509. The molecule has 0 bridgehead atoms. The predicted octanol–water partition coefficient (Wildman–Crippen LogP) is 1.17. The molecule has 20 heavy (non-hydrogen) atoms. The molecule has 0 saturated carbocycles. The molecule has 0 atom stereocenters. The Balaban J connectivity index is 2.17. The lowest BCUT2D eigenvalue weighted by Gasteiger charge is -2.16. The summed E-state index contributed by atoms with van der Waals surface area (Å²) in [5, 5.41) is 4.77. The third kappa shape index (κ3) is 3.30. The average Bonchev–Trinajstić information content (AvgIpc) is 2.42. The SMILES string of the molecule is C=CCOc1ccc(C=C2C(=O)NC(=S)NC2=O)cc1. The van der Waals surface area contributed by atoms with E-state index in [0.717, 1.165) is 0 Å². The van der Waals surface area contributed by atoms with Crippen LogP contribution in [0.4, 0.5) is 0 Å². The quantitative estimate of drug-likeness (QED) is 0.378. The first-order chi connectivity index (χ1) is 9.60. The molecule has 102 valence electrons. The number of hydrogen-bond donors (Lipinski definition) is 2. The van der Waals surface area contributed by atoms with Gasteiger partial charge in [-0.1, -0.05) is 24.8 Å². The summed E-state index contributed by atoms with van der Waals surface area (Å²) in [7, 11) is 0. The van der Waals surface area contributed by atoms with Crippen LogP contribution in [0.15, 0.2) is 42.5 Å². The fraction of sp³-hybridized carbons (Fsp3) is 0.0714. The van der Waals surface area contributed by atoms with E-state index in [2.05, 4.69) is 17.2 Å². The summed E-state index contributed by atoms with van der Waals surface area (Å²) in [4.78, 5) is 23.3. The highest BCUT2D eigenvalue weighted by Crippen LogP contribution is 2.15. The number of ether oxygens (including phenoxy) is 1. The van der Waals surface area contributed by atoms with Gasteiger partial charge >= 0.3 is 0 Å². The van der Waals surface area contributed by atoms with E-state index in [1.807, 2.05) is 0 Å². The molecule has 1 aliphatic rings. The van der Waals surface area contributed by atoms with Crippen LogP contribution in [-0.4, -0.2) is 23.5 Å². The van der Waals surface area contributed by atoms with Crippen molar-refractivity contribution < 1.29 is 14.3 Å². The Morgan fingerprint density at radius 1 is 1.15 bits per heavy atom. The van der Waals surface area contributed by atoms with E-state index < -0.39 is 11.8 Å². The highest BCUT2D eigenvalue weighted by Gasteiger charge is 2.25. The Hall–Kier alpha value is -2.47. The summed E-state index contributed by atoms with van der Waals surface area (Å²) in [5.74, 6) is -0.331. The minimum absolute atomic E-state index is 0.0124. The fourth-order valence-corrected chi connectivity index (χ4v) is 1.77. The van der Waals surface area contributed by atoms with Crippen LogP contribution in [0.25, 0.3) is 6.08 Å². The van der Waals surface area contributed by atoms with Crippen molar-refractivity contribution in [1.82, 2.24) is 10.6 Å². The Morgan fingerprint density at radius 2 is 1.75 bits per heavy atom. The molecule has 2 amide bonds. The number of thiocarbonyl (C=S) groups is 1. The van der Waals surface area contributed by atoms with Crippen LogP contribution in [0.1, 0.15) is 5.56 Å². The summed E-state index contributed by atoms with van der Waals surface area (Å²) in [6.07, 6.45) is 3.14. The third-order valence-corrected chi connectivity index (χ3v) is 2.71. The van der Waals surface area contributed by atoms with Crippen molar-refractivity contribution in [3.8, 4) is 5.75 Å². The van der Waals surface area contributed by atoms with Gasteiger partial charge in [0.15, 0.2) is 5.11 Å². The summed E-state index contributed by atoms with van der Waals surface area (Å²) in [5.41, 5.74) is 0.724. The summed E-state index contributed by atoms with van der Waals surface area (Å²) < 4.78 is 5.34. The molecule has 6 heteroatoms. The average molecular weight is 288 g/mol. The second kappa shape index (κ2) is 6.12. The van der Waals surface area contributed by atoms with Gasteiger partial charge in [-0.25, -0.2) is 0 Å². The molecule has 5 nitrogen and oxygen atoms in total. The Morgan fingerprint density at radius 3 is 2.30 bits per heavy atom. The van der Waals surface area contributed by atoms with E-state index >= 15 is 0 Å². The second-order valence-corrected chi connectivity index (χ2v) is 4.37. The first-order valence-electron chi connectivity index (χ1n) is 5.82. The fourth-order valence-electron chi connectivity index (χ4n) is 1.59. The van der Waals surface area contributed by atoms with Gasteiger partial charge in [-0.05, 0) is 36.0 Å². The molecule has 0 spiro atoms. The van der Waals surface area contributed by atoms with Gasteiger partial charge in [-0.3, -0.25) is 20.2 Å². The topological polar surface area (TPSA) is 67.4 Å². The standard InChI is InChI=1S/C14H12N2O3S/c1-2-7-19-10-5-3-9(4-6-10)8-11-12(17)15-14(20)16-13(11)18/h2-6,8H,1,7H2,(H2,15,16,17,18,20). The molecule has 1 saturated heterocycles. The maximum absolute atomic E-state index is 11.7. The van der Waals surface area contributed by atoms with Gasteiger partial charge in [0, 0.05) is 0 Å². The smallest absolute Gasteiger partial charge is 0.263 e. The predicted molar refractivity (Wildman–Crippen MR) is 79.0 cm³/mol. The van der Waals surface area contributed by atoms with Crippen molar-refractivity contribution in [2.75, 3.05) is 6.61 Å². The second-order valence-electron chi connectivity index (χ2n) is 3.96. The number of carbonyl (C=O) groups is 2. The Bertz CT molecular complexity index is 583. The van der Waals surface area contributed by atoms with Gasteiger partial charge in [-0.15, -0.1) is 0 Å². The first kappa shape index (κ1) is 14.0. The molecule has 1 aliphatic heterocycles. The first-order valence-corrected chi connectivity index (χ1v) is 6.23. The van der Waals surface area contributed by atoms with Crippen LogP contribution in [-0.2, 0) is 9.59 Å². The largest absolute Gasteiger partial charge is 0.490 e. The number of hydrogen-bond acceptors (Lipinski definition) is 4. The van der Waals surface area contributed by atoms with Crippen LogP contribution in [0, 0.1) is 0 Å². The lowest BCUT2D eigenvalue weighted by molar-refractivity contribution is -0.123. The summed E-state index contributed by atoms with van der Waals surface area (Å²) >= 11 is 4.72. The van der Waals surface area contributed by atoms with Crippen LogP contribution in [0.3, 0.4) is 0 Å². The molecule has 1 heterocycles. The molecule has 0 aliphatic carbocycles. The van der Waals surface area contributed by atoms with Crippen LogP contribution in [0.5, 0.6) is 5.75 Å². The third-order valence-electron chi connectivity index (χ3n) is 2.50. The molecule has 1 fully saturated rings. The van der Waals surface area contributed by atoms with Gasteiger partial charge in [0.05, 0.1) is 0 Å². The van der Waals surface area contributed by atoms with E-state index in [-0.39, 0.29) is 10.7 Å². The van der Waals surface area contributed by atoms with Gasteiger partial charge in [0.2, 0.25) is 0 Å². The maximum atomic E-state index is 11.7. The van der Waals surface area contributed by atoms with Gasteiger partial charge < -0.3 is 4.74 Å². The number of carbonyl (C=O) groups excluding carboxylic acids is 2. The van der Waals surface area contributed by atoms with E-state index in [1.165, 1.54) is 6.08 Å². The Labute approximate surface area is 121 Å². The number of amides is 2. The zero-order valence-corrected chi connectivity index (χ0v) is 11.3. The molecule has 2 rings (SSSR count). The van der Waals surface area contributed by atoms with Crippen LogP contribution < -0.4 is 15.4 Å². The van der Waals surface area contributed by atoms with Crippen molar-refractivity contribution >= 4 is 35.2 Å². The normalized spacial score (nSPS) is 14.4. The molecular weight excluding hydrogens is 276 g/mol. The van der Waals surface area contributed by atoms with Crippen molar-refractivity contribution in [3.05, 3.63) is 48.1 Å². The van der Waals surface area contributed by atoms with E-state index in [1.54, 1.807) is 30.3 Å². The van der Waals surface area contributed by atoms with Gasteiger partial charge in [-0.2, -0.15) is 0 Å². The number of rotatable bonds is 4. The molecular formula is C14H12N2O3S. The van der Waals surface area contributed by atoms with Crippen LogP contribution in [0.2, 0.25) is 0 Å². The maximum Gasteiger partial charge on any atom is 0.263 e. The number of benzene rings is 1. The van der Waals surface area contributed by atoms with E-state index in [4.69, 9.17) is 17.0 Å². The molecule has 1 aromatic rings. The van der Waals surface area contributed by atoms with Crippen molar-refractivity contribution in [2.24, 2.45) is 0 Å².